The molecule has 0 fully saturated rings. The molecule has 1 aliphatic heterocycles. The molecular weight excluding hydrogens is 228 g/mol. The summed E-state index contributed by atoms with van der Waals surface area (Å²) >= 11 is 0. The molecule has 0 radical (unpaired) electrons. The van der Waals surface area contributed by atoms with Gasteiger partial charge >= 0.3 is 0 Å². The van der Waals surface area contributed by atoms with Crippen LogP contribution < -0.4 is 5.32 Å². The van der Waals surface area contributed by atoms with Gasteiger partial charge in [0.25, 0.3) is 0 Å². The molecule has 2 rings (SSSR count). The quantitative estimate of drug-likeness (QED) is 0.821. The summed E-state index contributed by atoms with van der Waals surface area (Å²) in [4.78, 5) is 13.8. The van der Waals surface area contributed by atoms with Gasteiger partial charge in [0.15, 0.2) is 0 Å². The Morgan fingerprint density at radius 1 is 1.50 bits per heavy atom. The number of fused-ring (bicyclic) bond motifs is 1. The van der Waals surface area contributed by atoms with Crippen LogP contribution in [0.3, 0.4) is 0 Å². The Kier molecular flexibility index (Phi) is 3.99. The number of amides is 1. The number of benzene rings is 1. The third-order valence-corrected chi connectivity index (χ3v) is 3.29. The van der Waals surface area contributed by atoms with Crippen LogP contribution >= 0.6 is 0 Å². The van der Waals surface area contributed by atoms with Gasteiger partial charge in [-0.3, -0.25) is 4.79 Å². The first-order chi connectivity index (χ1) is 8.58. The van der Waals surface area contributed by atoms with Gasteiger partial charge in [-0.1, -0.05) is 24.3 Å². The zero-order chi connectivity index (χ0) is 13.1. The van der Waals surface area contributed by atoms with Gasteiger partial charge in [-0.15, -0.1) is 0 Å². The molecule has 0 bridgehead atoms. The molecular formula is C14H20N2O2. The van der Waals surface area contributed by atoms with Crippen LogP contribution in [0.25, 0.3) is 0 Å². The maximum atomic E-state index is 12.2. The fourth-order valence-electron chi connectivity index (χ4n) is 2.38. The number of nitrogens with one attached hydrogen (secondary N) is 1. The molecule has 1 unspecified atom stereocenters. The van der Waals surface area contributed by atoms with Crippen LogP contribution in [0.5, 0.6) is 0 Å². The minimum absolute atomic E-state index is 0.0467. The fourth-order valence-corrected chi connectivity index (χ4v) is 2.38. The van der Waals surface area contributed by atoms with Crippen molar-refractivity contribution in [3.63, 3.8) is 0 Å². The van der Waals surface area contributed by atoms with Crippen LogP contribution in [-0.4, -0.2) is 41.7 Å². The molecule has 0 spiro atoms. The van der Waals surface area contributed by atoms with Gasteiger partial charge in [-0.05, 0) is 24.5 Å². The summed E-state index contributed by atoms with van der Waals surface area (Å²) in [5.74, 6) is 0.0467. The van der Waals surface area contributed by atoms with E-state index < -0.39 is 6.10 Å². The van der Waals surface area contributed by atoms with Crippen molar-refractivity contribution in [1.82, 2.24) is 10.2 Å². The Balaban J connectivity index is 2.02. The summed E-state index contributed by atoms with van der Waals surface area (Å²) in [7, 11) is 1.73. The molecule has 1 amide bonds. The molecule has 0 saturated carbocycles. The smallest absolute Gasteiger partial charge is 0.239 e. The van der Waals surface area contributed by atoms with Gasteiger partial charge in [0, 0.05) is 20.1 Å². The average molecular weight is 248 g/mol. The fraction of sp³-hybridized carbons (Fsp3) is 0.500. The highest BCUT2D eigenvalue weighted by molar-refractivity contribution is 5.82. The molecule has 2 N–H and O–H groups in total. The molecule has 1 aromatic rings. The first kappa shape index (κ1) is 13.1. The van der Waals surface area contributed by atoms with E-state index in [1.807, 2.05) is 12.1 Å². The van der Waals surface area contributed by atoms with Crippen molar-refractivity contribution in [3.8, 4) is 0 Å². The SMILES string of the molecule is CC(O)CN(C)C(=O)[C@@H]1Cc2ccccc2CN1. The second-order valence-electron chi connectivity index (χ2n) is 4.97. The molecule has 4 nitrogen and oxygen atoms in total. The lowest BCUT2D eigenvalue weighted by Gasteiger charge is -2.29. The molecule has 0 aromatic heterocycles. The van der Waals surface area contributed by atoms with Crippen molar-refractivity contribution in [1.29, 1.82) is 0 Å². The summed E-state index contributed by atoms with van der Waals surface area (Å²) in [5, 5.41) is 12.6. The van der Waals surface area contributed by atoms with Crippen LogP contribution in [0.2, 0.25) is 0 Å². The van der Waals surface area contributed by atoms with E-state index in [1.165, 1.54) is 11.1 Å². The van der Waals surface area contributed by atoms with Crippen LogP contribution in [0.1, 0.15) is 18.1 Å². The van der Waals surface area contributed by atoms with Crippen molar-refractivity contribution in [2.75, 3.05) is 13.6 Å². The first-order valence-corrected chi connectivity index (χ1v) is 6.31. The van der Waals surface area contributed by atoms with Crippen molar-refractivity contribution < 1.29 is 9.90 Å². The normalized spacial score (nSPS) is 20.1. The number of nitrogens with zero attached hydrogens (tertiary/aromatic N) is 1. The van der Waals surface area contributed by atoms with Crippen LogP contribution in [0.15, 0.2) is 24.3 Å². The number of rotatable bonds is 3. The Bertz CT molecular complexity index is 432. The highest BCUT2D eigenvalue weighted by Crippen LogP contribution is 2.17. The molecule has 0 saturated heterocycles. The predicted octanol–water partition coefficient (Wildman–Crippen LogP) is 0.540. The Morgan fingerprint density at radius 3 is 2.83 bits per heavy atom. The number of aliphatic hydroxyl groups excluding tert-OH is 1. The van der Waals surface area contributed by atoms with Crippen molar-refractivity contribution in [2.24, 2.45) is 0 Å². The second kappa shape index (κ2) is 5.50. The second-order valence-corrected chi connectivity index (χ2v) is 4.97. The van der Waals surface area contributed by atoms with E-state index in [0.717, 1.165) is 13.0 Å². The molecule has 18 heavy (non-hydrogen) atoms. The Labute approximate surface area is 108 Å². The van der Waals surface area contributed by atoms with Gasteiger partial charge in [0.1, 0.15) is 0 Å². The zero-order valence-corrected chi connectivity index (χ0v) is 10.9. The highest BCUT2D eigenvalue weighted by Gasteiger charge is 2.26. The summed E-state index contributed by atoms with van der Waals surface area (Å²) in [5.41, 5.74) is 2.50. The number of hydrogen-bond donors (Lipinski definition) is 2. The summed E-state index contributed by atoms with van der Waals surface area (Å²) in [6.45, 7) is 2.79. The molecule has 1 aromatic carbocycles. The van der Waals surface area contributed by atoms with Crippen LogP contribution in [0, 0.1) is 0 Å². The number of hydrogen-bond acceptors (Lipinski definition) is 3. The van der Waals surface area contributed by atoms with Gasteiger partial charge in [-0.25, -0.2) is 0 Å². The molecule has 98 valence electrons. The van der Waals surface area contributed by atoms with Gasteiger partial charge in [0.2, 0.25) is 5.91 Å². The van der Waals surface area contributed by atoms with E-state index in [2.05, 4.69) is 17.4 Å². The third kappa shape index (κ3) is 2.89. The van der Waals surface area contributed by atoms with E-state index in [4.69, 9.17) is 0 Å². The van der Waals surface area contributed by atoms with Gasteiger partial charge in [-0.2, -0.15) is 0 Å². The summed E-state index contributed by atoms with van der Waals surface area (Å²) in [6.07, 6.45) is 0.230. The van der Waals surface area contributed by atoms with E-state index in [-0.39, 0.29) is 11.9 Å². The maximum Gasteiger partial charge on any atom is 0.239 e. The van der Waals surface area contributed by atoms with Crippen molar-refractivity contribution in [2.45, 2.75) is 32.0 Å². The van der Waals surface area contributed by atoms with E-state index in [0.29, 0.717) is 6.54 Å². The number of likely N-dealkylation sites (N-methyl/N-ethyl adjacent to an activating group) is 1. The molecule has 1 aliphatic rings. The third-order valence-electron chi connectivity index (χ3n) is 3.29. The molecule has 0 aliphatic carbocycles. The van der Waals surface area contributed by atoms with E-state index in [1.54, 1.807) is 18.9 Å². The van der Waals surface area contributed by atoms with E-state index >= 15 is 0 Å². The Hall–Kier alpha value is -1.39. The lowest BCUT2D eigenvalue weighted by molar-refractivity contribution is -0.133. The predicted molar refractivity (Wildman–Crippen MR) is 70.1 cm³/mol. The van der Waals surface area contributed by atoms with E-state index in [9.17, 15) is 9.90 Å². The highest BCUT2D eigenvalue weighted by atomic mass is 16.3. The molecule has 2 atom stereocenters. The number of aliphatic hydroxyl groups is 1. The maximum absolute atomic E-state index is 12.2. The Morgan fingerprint density at radius 2 is 2.17 bits per heavy atom. The minimum Gasteiger partial charge on any atom is -0.392 e. The van der Waals surface area contributed by atoms with Crippen molar-refractivity contribution in [3.05, 3.63) is 35.4 Å². The van der Waals surface area contributed by atoms with Crippen LogP contribution in [-0.2, 0) is 17.8 Å². The number of carbonyl (C=O) groups excluding carboxylic acids is 1. The summed E-state index contributed by atoms with van der Waals surface area (Å²) in [6, 6.07) is 8.00. The van der Waals surface area contributed by atoms with Crippen LogP contribution in [0.4, 0.5) is 0 Å². The monoisotopic (exact) mass is 248 g/mol. The summed E-state index contributed by atoms with van der Waals surface area (Å²) < 4.78 is 0. The minimum atomic E-state index is -0.491. The van der Waals surface area contributed by atoms with Gasteiger partial charge in [0.05, 0.1) is 12.1 Å². The molecule has 4 heteroatoms. The largest absolute Gasteiger partial charge is 0.392 e. The standard InChI is InChI=1S/C14H20N2O2/c1-10(17)9-16(2)14(18)13-7-11-5-3-4-6-12(11)8-15-13/h3-6,10,13,15,17H,7-9H2,1-2H3/t10?,13-/m0/s1. The molecule has 1 heterocycles. The van der Waals surface area contributed by atoms with Gasteiger partial charge < -0.3 is 15.3 Å². The lowest BCUT2D eigenvalue weighted by atomic mass is 9.95. The first-order valence-electron chi connectivity index (χ1n) is 6.31. The topological polar surface area (TPSA) is 52.6 Å². The average Bonchev–Trinajstić information content (AvgIpc) is 2.36. The lowest BCUT2D eigenvalue weighted by Crippen LogP contribution is -2.49. The van der Waals surface area contributed by atoms with Crippen molar-refractivity contribution >= 4 is 5.91 Å². The number of carbonyl (C=O) groups is 1. The zero-order valence-electron chi connectivity index (χ0n) is 10.9.